The number of nitrogens with zero attached hydrogens (tertiary/aromatic N) is 3. The van der Waals surface area contributed by atoms with Gasteiger partial charge in [-0.25, -0.2) is 15.4 Å². The molecule has 0 saturated heterocycles. The number of rotatable bonds is 7. The summed E-state index contributed by atoms with van der Waals surface area (Å²) >= 11 is 0. The van der Waals surface area contributed by atoms with Gasteiger partial charge in [0.15, 0.2) is 0 Å². The van der Waals surface area contributed by atoms with E-state index in [9.17, 15) is 0 Å². The first-order chi connectivity index (χ1) is 12.3. The van der Waals surface area contributed by atoms with Gasteiger partial charge in [-0.1, -0.05) is 59.2 Å². The summed E-state index contributed by atoms with van der Waals surface area (Å²) in [4.78, 5) is 9.17. The molecule has 4 nitrogen and oxygen atoms in total. The van der Waals surface area contributed by atoms with E-state index < -0.39 is 0 Å². The van der Waals surface area contributed by atoms with Gasteiger partial charge in [0, 0.05) is 11.4 Å². The van der Waals surface area contributed by atoms with Gasteiger partial charge in [-0.15, -0.1) is 0 Å². The molecule has 1 aromatic heterocycles. The largest absolute Gasteiger partial charge is 0.245 e. The highest BCUT2D eigenvalue weighted by Gasteiger charge is 2.14. The van der Waals surface area contributed by atoms with Crippen molar-refractivity contribution in [2.24, 2.45) is 5.10 Å². The maximum Gasteiger partial charge on any atom is 0.243 e. The van der Waals surface area contributed by atoms with Crippen molar-refractivity contribution in [3.63, 3.8) is 0 Å². The lowest BCUT2D eigenvalue weighted by Crippen LogP contribution is -2.12. The van der Waals surface area contributed by atoms with E-state index in [1.54, 1.807) is 0 Å². The number of hydrogen-bond acceptors (Lipinski definition) is 4. The van der Waals surface area contributed by atoms with Crippen LogP contribution in [0.1, 0.15) is 76.9 Å². The lowest BCUT2D eigenvalue weighted by Gasteiger charge is -2.19. The number of aryl methyl sites for hydroxylation is 2. The van der Waals surface area contributed by atoms with E-state index in [0.29, 0.717) is 5.95 Å². The molecule has 4 heteroatoms. The van der Waals surface area contributed by atoms with Crippen molar-refractivity contribution in [1.82, 2.24) is 9.97 Å². The summed E-state index contributed by atoms with van der Waals surface area (Å²) in [6.45, 7) is 13.0. The van der Waals surface area contributed by atoms with E-state index in [1.807, 2.05) is 6.92 Å². The van der Waals surface area contributed by atoms with Gasteiger partial charge in [0.05, 0.1) is 5.71 Å². The minimum absolute atomic E-state index is 0.121. The highest BCUT2D eigenvalue weighted by molar-refractivity contribution is 5.99. The standard InChI is InChI=1S/C22H32N4/c1-7-9-13-20-15-19(8-2)23-21(24-20)26-25-16(3)17-11-10-12-18(14-17)22(4,5)6/h10-12,14-15H,7-9,13H2,1-6H3,(H,23,24,26). The highest BCUT2D eigenvalue weighted by atomic mass is 15.4. The molecular weight excluding hydrogens is 320 g/mol. The fourth-order valence-electron chi connectivity index (χ4n) is 2.68. The molecule has 1 aromatic carbocycles. The second-order valence-corrected chi connectivity index (χ2v) is 7.77. The molecule has 0 atom stereocenters. The van der Waals surface area contributed by atoms with Gasteiger partial charge < -0.3 is 0 Å². The molecule has 2 rings (SSSR count). The van der Waals surface area contributed by atoms with Crippen LogP contribution in [0.3, 0.4) is 0 Å². The molecule has 0 radical (unpaired) electrons. The van der Waals surface area contributed by atoms with Crippen LogP contribution in [0.15, 0.2) is 35.4 Å². The highest BCUT2D eigenvalue weighted by Crippen LogP contribution is 2.23. The van der Waals surface area contributed by atoms with Gasteiger partial charge in [0.25, 0.3) is 0 Å². The molecule has 0 saturated carbocycles. The first kappa shape index (κ1) is 20.1. The molecule has 140 valence electrons. The number of hydrazone groups is 1. The van der Waals surface area contributed by atoms with Gasteiger partial charge in [-0.05, 0) is 54.9 Å². The lowest BCUT2D eigenvalue weighted by atomic mass is 9.86. The molecule has 26 heavy (non-hydrogen) atoms. The molecular formula is C22H32N4. The Hall–Kier alpha value is -2.23. The van der Waals surface area contributed by atoms with E-state index in [-0.39, 0.29) is 5.41 Å². The molecule has 0 unspecified atom stereocenters. The van der Waals surface area contributed by atoms with Gasteiger partial charge in [-0.3, -0.25) is 0 Å². The molecule has 0 bridgehead atoms. The van der Waals surface area contributed by atoms with E-state index in [4.69, 9.17) is 0 Å². The van der Waals surface area contributed by atoms with Gasteiger partial charge in [0.1, 0.15) is 0 Å². The number of aromatic nitrogens is 2. The van der Waals surface area contributed by atoms with Crippen LogP contribution in [-0.2, 0) is 18.3 Å². The van der Waals surface area contributed by atoms with Crippen LogP contribution in [0.25, 0.3) is 0 Å². The minimum atomic E-state index is 0.121. The summed E-state index contributed by atoms with van der Waals surface area (Å²) in [5.41, 5.74) is 8.66. The Morgan fingerprint density at radius 3 is 2.46 bits per heavy atom. The Balaban J connectivity index is 2.20. The lowest BCUT2D eigenvalue weighted by molar-refractivity contribution is 0.590. The SMILES string of the molecule is CCCCc1cc(CC)nc(NN=C(C)c2cccc(C(C)(C)C)c2)n1. The van der Waals surface area contributed by atoms with Crippen molar-refractivity contribution in [2.45, 2.75) is 72.6 Å². The fourth-order valence-corrected chi connectivity index (χ4v) is 2.68. The third kappa shape index (κ3) is 5.65. The Morgan fingerprint density at radius 2 is 1.81 bits per heavy atom. The third-order valence-electron chi connectivity index (χ3n) is 4.45. The van der Waals surface area contributed by atoms with Crippen LogP contribution in [0.4, 0.5) is 5.95 Å². The van der Waals surface area contributed by atoms with Crippen molar-refractivity contribution in [3.8, 4) is 0 Å². The summed E-state index contributed by atoms with van der Waals surface area (Å²) in [5, 5.41) is 4.53. The van der Waals surface area contributed by atoms with Crippen molar-refractivity contribution >= 4 is 11.7 Å². The second kappa shape index (κ2) is 8.93. The van der Waals surface area contributed by atoms with Crippen LogP contribution in [0.5, 0.6) is 0 Å². The van der Waals surface area contributed by atoms with E-state index in [0.717, 1.165) is 48.3 Å². The topological polar surface area (TPSA) is 50.2 Å². The van der Waals surface area contributed by atoms with Crippen LogP contribution in [0, 0.1) is 0 Å². The van der Waals surface area contributed by atoms with Gasteiger partial charge in [0.2, 0.25) is 5.95 Å². The molecule has 0 fully saturated rings. The van der Waals surface area contributed by atoms with E-state index in [1.165, 1.54) is 5.56 Å². The summed E-state index contributed by atoms with van der Waals surface area (Å²) in [7, 11) is 0. The zero-order valence-corrected chi connectivity index (χ0v) is 17.1. The third-order valence-corrected chi connectivity index (χ3v) is 4.45. The Labute approximate surface area is 158 Å². The maximum absolute atomic E-state index is 4.61. The number of hydrogen-bond donors (Lipinski definition) is 1. The van der Waals surface area contributed by atoms with Crippen LogP contribution in [0.2, 0.25) is 0 Å². The Kier molecular flexibility index (Phi) is 6.90. The van der Waals surface area contributed by atoms with Gasteiger partial charge >= 0.3 is 0 Å². The number of anilines is 1. The first-order valence-corrected chi connectivity index (χ1v) is 9.61. The number of unbranched alkanes of at least 4 members (excludes halogenated alkanes) is 1. The quantitative estimate of drug-likeness (QED) is 0.527. The average Bonchev–Trinajstić information content (AvgIpc) is 2.63. The first-order valence-electron chi connectivity index (χ1n) is 9.61. The summed E-state index contributed by atoms with van der Waals surface area (Å²) in [5.74, 6) is 0.585. The molecule has 0 aliphatic carbocycles. The summed E-state index contributed by atoms with van der Waals surface area (Å²) in [6, 6.07) is 10.6. The summed E-state index contributed by atoms with van der Waals surface area (Å²) < 4.78 is 0. The smallest absolute Gasteiger partial charge is 0.243 e. The molecule has 0 aliphatic heterocycles. The molecule has 1 N–H and O–H groups in total. The molecule has 0 amide bonds. The van der Waals surface area contributed by atoms with Crippen molar-refractivity contribution in [2.75, 3.05) is 5.43 Å². The zero-order chi connectivity index (χ0) is 19.2. The van der Waals surface area contributed by atoms with Crippen LogP contribution < -0.4 is 5.43 Å². The van der Waals surface area contributed by atoms with E-state index in [2.05, 4.69) is 85.4 Å². The van der Waals surface area contributed by atoms with E-state index >= 15 is 0 Å². The monoisotopic (exact) mass is 352 g/mol. The van der Waals surface area contributed by atoms with Gasteiger partial charge in [-0.2, -0.15) is 5.10 Å². The molecule has 0 spiro atoms. The summed E-state index contributed by atoms with van der Waals surface area (Å²) in [6.07, 6.45) is 4.18. The molecule has 0 aliphatic rings. The normalized spacial score (nSPS) is 12.3. The van der Waals surface area contributed by atoms with Crippen LogP contribution in [-0.4, -0.2) is 15.7 Å². The predicted molar refractivity (Wildman–Crippen MR) is 111 cm³/mol. The maximum atomic E-state index is 4.61. The fraction of sp³-hybridized carbons (Fsp3) is 0.500. The van der Waals surface area contributed by atoms with Crippen molar-refractivity contribution in [3.05, 3.63) is 52.8 Å². The van der Waals surface area contributed by atoms with Crippen molar-refractivity contribution < 1.29 is 0 Å². The Morgan fingerprint density at radius 1 is 1.08 bits per heavy atom. The predicted octanol–water partition coefficient (Wildman–Crippen LogP) is 5.52. The van der Waals surface area contributed by atoms with Crippen molar-refractivity contribution in [1.29, 1.82) is 0 Å². The Bertz CT molecular complexity index is 757. The zero-order valence-electron chi connectivity index (χ0n) is 17.1. The number of benzene rings is 1. The minimum Gasteiger partial charge on any atom is -0.245 e. The molecule has 2 aromatic rings. The van der Waals surface area contributed by atoms with Crippen LogP contribution >= 0.6 is 0 Å². The number of nitrogens with one attached hydrogen (secondary N) is 1. The second-order valence-electron chi connectivity index (χ2n) is 7.77. The molecule has 1 heterocycles. The average molecular weight is 353 g/mol.